The molecular weight excluding hydrogens is 219 g/mol. The Morgan fingerprint density at radius 3 is 3.06 bits per heavy atom. The number of aryl methyl sites for hydroxylation is 1. The second-order valence-corrected chi connectivity index (χ2v) is 4.06. The predicted molar refractivity (Wildman–Crippen MR) is 65.0 cm³/mol. The Bertz CT molecular complexity index is 601. The summed E-state index contributed by atoms with van der Waals surface area (Å²) in [5.74, 6) is 0.436. The number of hydrogen-bond acceptors (Lipinski definition) is 2. The first-order chi connectivity index (χ1) is 8.29. The van der Waals surface area contributed by atoms with Gasteiger partial charge in [0.1, 0.15) is 18.1 Å². The lowest BCUT2D eigenvalue weighted by atomic mass is 10.1. The van der Waals surface area contributed by atoms with Crippen LogP contribution in [0, 0.1) is 5.82 Å². The van der Waals surface area contributed by atoms with Gasteiger partial charge < -0.3 is 9.72 Å². The van der Waals surface area contributed by atoms with Crippen molar-refractivity contribution in [3.8, 4) is 0 Å². The van der Waals surface area contributed by atoms with Crippen molar-refractivity contribution in [3.63, 3.8) is 0 Å². The number of fused-ring (bicyclic) bond motifs is 1. The Morgan fingerprint density at radius 1 is 1.47 bits per heavy atom. The van der Waals surface area contributed by atoms with Gasteiger partial charge in [0.25, 0.3) is 0 Å². The fourth-order valence-electron chi connectivity index (χ4n) is 2.26. The predicted octanol–water partition coefficient (Wildman–Crippen LogP) is 2.65. The maximum Gasteiger partial charge on any atom is 0.233 e. The van der Waals surface area contributed by atoms with Gasteiger partial charge in [-0.15, -0.1) is 0 Å². The molecule has 0 atom stereocenters. The monoisotopic (exact) mass is 232 g/mol. The molecule has 3 rings (SSSR count). The number of nitrogens with zero attached hydrogens (tertiary/aromatic N) is 1. The maximum atomic E-state index is 13.3. The number of H-pyrrole nitrogens is 1. The lowest BCUT2D eigenvalue weighted by molar-refractivity contribution is 0.347. The summed E-state index contributed by atoms with van der Waals surface area (Å²) in [5.41, 5.74) is 2.89. The van der Waals surface area contributed by atoms with E-state index in [-0.39, 0.29) is 5.82 Å². The van der Waals surface area contributed by atoms with Gasteiger partial charge in [0.2, 0.25) is 5.90 Å². The van der Waals surface area contributed by atoms with Gasteiger partial charge in [-0.05, 0) is 30.2 Å². The fraction of sp³-hybridized carbons (Fsp3) is 0.308. The third-order valence-corrected chi connectivity index (χ3v) is 3.02. The van der Waals surface area contributed by atoms with Crippen LogP contribution in [-0.2, 0) is 11.2 Å². The molecule has 3 nitrogen and oxygen atoms in total. The Morgan fingerprint density at radius 2 is 2.35 bits per heavy atom. The number of benzene rings is 1. The first-order valence-corrected chi connectivity index (χ1v) is 5.77. The highest BCUT2D eigenvalue weighted by molar-refractivity contribution is 6.01. The van der Waals surface area contributed by atoms with Crippen LogP contribution in [0.2, 0.25) is 0 Å². The summed E-state index contributed by atoms with van der Waals surface area (Å²) in [4.78, 5) is 7.56. The first-order valence-electron chi connectivity index (χ1n) is 5.77. The van der Waals surface area contributed by atoms with Gasteiger partial charge >= 0.3 is 0 Å². The van der Waals surface area contributed by atoms with Crippen LogP contribution in [0.15, 0.2) is 23.2 Å². The van der Waals surface area contributed by atoms with E-state index in [2.05, 4.69) is 9.98 Å². The van der Waals surface area contributed by atoms with Crippen LogP contribution < -0.4 is 0 Å². The van der Waals surface area contributed by atoms with E-state index in [1.54, 1.807) is 12.1 Å². The number of nitrogens with one attached hydrogen (secondary N) is 1. The van der Waals surface area contributed by atoms with Crippen LogP contribution in [0.3, 0.4) is 0 Å². The number of aromatic nitrogens is 1. The van der Waals surface area contributed by atoms with Crippen molar-refractivity contribution >= 4 is 16.8 Å². The molecule has 1 N–H and O–H groups in total. The van der Waals surface area contributed by atoms with Crippen molar-refractivity contribution in [2.24, 2.45) is 4.99 Å². The summed E-state index contributed by atoms with van der Waals surface area (Å²) >= 11 is 0. The quantitative estimate of drug-likeness (QED) is 0.849. The topological polar surface area (TPSA) is 37.4 Å². The van der Waals surface area contributed by atoms with Crippen LogP contribution in [-0.4, -0.2) is 24.0 Å². The van der Waals surface area contributed by atoms with Crippen molar-refractivity contribution in [2.45, 2.75) is 13.3 Å². The van der Waals surface area contributed by atoms with Gasteiger partial charge in [0.05, 0.1) is 6.54 Å². The van der Waals surface area contributed by atoms with E-state index in [1.807, 2.05) is 6.92 Å². The summed E-state index contributed by atoms with van der Waals surface area (Å²) < 4.78 is 18.7. The number of aliphatic imine (C=N–C) groups is 1. The summed E-state index contributed by atoms with van der Waals surface area (Å²) in [7, 11) is 0. The molecule has 0 bridgehead atoms. The van der Waals surface area contributed by atoms with Gasteiger partial charge in [-0.25, -0.2) is 9.38 Å². The van der Waals surface area contributed by atoms with Crippen LogP contribution in [0.5, 0.6) is 0 Å². The molecule has 0 aliphatic carbocycles. The number of halogens is 1. The van der Waals surface area contributed by atoms with Gasteiger partial charge in [-0.3, -0.25) is 0 Å². The molecule has 4 heteroatoms. The lowest BCUT2D eigenvalue weighted by Crippen LogP contribution is -2.04. The van der Waals surface area contributed by atoms with E-state index in [4.69, 9.17) is 4.74 Å². The molecule has 0 saturated carbocycles. The lowest BCUT2D eigenvalue weighted by Gasteiger charge is -2.01. The summed E-state index contributed by atoms with van der Waals surface area (Å²) in [6.45, 7) is 3.37. The van der Waals surface area contributed by atoms with Crippen molar-refractivity contribution < 1.29 is 9.13 Å². The molecule has 1 aliphatic rings. The minimum atomic E-state index is -0.216. The Hall–Kier alpha value is -1.84. The van der Waals surface area contributed by atoms with E-state index in [1.165, 1.54) is 6.07 Å². The number of ether oxygens (including phenoxy) is 1. The molecular formula is C13H13FN2O. The van der Waals surface area contributed by atoms with Gasteiger partial charge in [0.15, 0.2) is 0 Å². The van der Waals surface area contributed by atoms with Crippen molar-refractivity contribution in [1.29, 1.82) is 0 Å². The highest BCUT2D eigenvalue weighted by atomic mass is 19.1. The van der Waals surface area contributed by atoms with E-state index in [0.717, 1.165) is 28.6 Å². The molecule has 1 aliphatic heterocycles. The van der Waals surface area contributed by atoms with Gasteiger partial charge in [-0.2, -0.15) is 0 Å². The van der Waals surface area contributed by atoms with Crippen molar-refractivity contribution in [2.75, 3.05) is 13.2 Å². The van der Waals surface area contributed by atoms with Crippen LogP contribution in [0.1, 0.15) is 18.2 Å². The molecule has 0 unspecified atom stereocenters. The van der Waals surface area contributed by atoms with Crippen molar-refractivity contribution in [1.82, 2.24) is 4.98 Å². The highest BCUT2D eigenvalue weighted by Gasteiger charge is 2.18. The fourth-order valence-corrected chi connectivity index (χ4v) is 2.26. The number of hydrogen-bond donors (Lipinski definition) is 1. The minimum Gasteiger partial charge on any atom is -0.474 e. The average molecular weight is 232 g/mol. The molecule has 0 fully saturated rings. The molecule has 88 valence electrons. The summed E-state index contributed by atoms with van der Waals surface area (Å²) in [5, 5.41) is 0.917. The molecule has 1 aromatic heterocycles. The van der Waals surface area contributed by atoms with E-state index in [9.17, 15) is 4.39 Å². The van der Waals surface area contributed by atoms with Crippen LogP contribution in [0.4, 0.5) is 4.39 Å². The second-order valence-electron chi connectivity index (χ2n) is 4.06. The normalized spacial score (nSPS) is 15.1. The number of aromatic amines is 1. The molecule has 2 aromatic rings. The summed E-state index contributed by atoms with van der Waals surface area (Å²) in [6.07, 6.45) is 0.821. The van der Waals surface area contributed by atoms with Gasteiger partial charge in [-0.1, -0.05) is 6.92 Å². The largest absolute Gasteiger partial charge is 0.474 e. The van der Waals surface area contributed by atoms with E-state index in [0.29, 0.717) is 19.0 Å². The Kier molecular flexibility index (Phi) is 2.35. The molecule has 0 amide bonds. The first kappa shape index (κ1) is 10.3. The number of rotatable bonds is 2. The third kappa shape index (κ3) is 1.60. The highest BCUT2D eigenvalue weighted by Crippen LogP contribution is 2.25. The Labute approximate surface area is 98.3 Å². The Balaban J connectivity index is 2.24. The van der Waals surface area contributed by atoms with Crippen molar-refractivity contribution in [3.05, 3.63) is 35.3 Å². The smallest absolute Gasteiger partial charge is 0.233 e. The zero-order valence-corrected chi connectivity index (χ0v) is 9.59. The van der Waals surface area contributed by atoms with E-state index < -0.39 is 0 Å². The maximum absolute atomic E-state index is 13.3. The zero-order chi connectivity index (χ0) is 11.8. The van der Waals surface area contributed by atoms with Gasteiger partial charge in [0, 0.05) is 10.9 Å². The molecule has 0 saturated heterocycles. The molecule has 0 spiro atoms. The summed E-state index contributed by atoms with van der Waals surface area (Å²) in [6, 6.07) is 4.77. The van der Waals surface area contributed by atoms with E-state index >= 15 is 0 Å². The zero-order valence-electron chi connectivity index (χ0n) is 9.59. The van der Waals surface area contributed by atoms with Crippen LogP contribution in [0.25, 0.3) is 10.9 Å². The minimum absolute atomic E-state index is 0.216. The molecule has 1 aromatic carbocycles. The SMILES string of the molecule is CCc1c(C2=NCCO2)[nH]c2ccc(F)cc12. The van der Waals surface area contributed by atoms with Crippen LogP contribution >= 0.6 is 0 Å². The molecule has 17 heavy (non-hydrogen) atoms. The standard InChI is InChI=1S/C13H13FN2O/c1-2-9-10-7-8(14)3-4-11(10)16-12(9)13-15-5-6-17-13/h3-4,7,16H,2,5-6H2,1H3. The molecule has 2 heterocycles. The molecule has 0 radical (unpaired) electrons. The average Bonchev–Trinajstić information content (AvgIpc) is 2.94. The third-order valence-electron chi connectivity index (χ3n) is 3.02. The second kappa shape index (κ2) is 3.87.